The van der Waals surface area contributed by atoms with Crippen LogP contribution in [0.15, 0.2) is 0 Å². The van der Waals surface area contributed by atoms with Gasteiger partial charge in [-0.25, -0.2) is 0 Å². The summed E-state index contributed by atoms with van der Waals surface area (Å²) in [5, 5.41) is 0. The Balaban J connectivity index is 2.24. The highest BCUT2D eigenvalue weighted by Gasteiger charge is 2.31. The number of carbonyl (C=O) groups is 2. The summed E-state index contributed by atoms with van der Waals surface area (Å²) in [5.74, 6) is 0.0287. The van der Waals surface area contributed by atoms with Crippen molar-refractivity contribution >= 4 is 11.6 Å². The van der Waals surface area contributed by atoms with Gasteiger partial charge in [-0.3, -0.25) is 14.5 Å². The average Bonchev–Trinajstić information content (AvgIpc) is 2.71. The van der Waals surface area contributed by atoms with E-state index in [4.69, 9.17) is 4.74 Å². The van der Waals surface area contributed by atoms with E-state index in [-0.39, 0.29) is 29.8 Å². The summed E-state index contributed by atoms with van der Waals surface area (Å²) in [7, 11) is 0. The average molecular weight is 306 g/mol. The zero-order valence-corrected chi connectivity index (χ0v) is 14.3. The fourth-order valence-electron chi connectivity index (χ4n) is 3.43. The van der Waals surface area contributed by atoms with Gasteiger partial charge in [0.2, 0.25) is 0 Å². The molecule has 1 fully saturated rings. The van der Waals surface area contributed by atoms with Crippen molar-refractivity contribution in [2.24, 2.45) is 0 Å². The van der Waals surface area contributed by atoms with Gasteiger partial charge in [0.1, 0.15) is 0 Å². The highest BCUT2D eigenvalue weighted by atomic mass is 16.5. The third-order valence-corrected chi connectivity index (χ3v) is 4.41. The number of aromatic amines is 1. The molecule has 0 radical (unpaired) electrons. The van der Waals surface area contributed by atoms with Crippen molar-refractivity contribution < 1.29 is 14.3 Å². The number of hydrogen-bond acceptors (Lipinski definition) is 4. The number of rotatable bonds is 4. The van der Waals surface area contributed by atoms with E-state index in [0.29, 0.717) is 11.3 Å². The largest absolute Gasteiger partial charge is 0.373 e. The predicted molar refractivity (Wildman–Crippen MR) is 85.6 cm³/mol. The molecule has 0 bridgehead atoms. The molecule has 0 aromatic carbocycles. The van der Waals surface area contributed by atoms with E-state index < -0.39 is 0 Å². The Morgan fingerprint density at radius 2 is 1.77 bits per heavy atom. The zero-order valence-electron chi connectivity index (χ0n) is 14.3. The molecule has 5 heteroatoms. The van der Waals surface area contributed by atoms with Crippen molar-refractivity contribution in [1.29, 1.82) is 0 Å². The number of ether oxygens (including phenoxy) is 1. The molecule has 1 saturated heterocycles. The van der Waals surface area contributed by atoms with Gasteiger partial charge >= 0.3 is 0 Å². The minimum atomic E-state index is -0.231. The topological polar surface area (TPSA) is 62.4 Å². The van der Waals surface area contributed by atoms with Crippen LogP contribution in [0.3, 0.4) is 0 Å². The molecule has 22 heavy (non-hydrogen) atoms. The van der Waals surface area contributed by atoms with Crippen LogP contribution in [0.25, 0.3) is 0 Å². The normalized spacial score (nSPS) is 24.3. The van der Waals surface area contributed by atoms with Crippen molar-refractivity contribution in [3.8, 4) is 0 Å². The number of Topliss-reactive ketones (excluding diaryl/α,β-unsaturated/α-hetero) is 2. The second kappa shape index (κ2) is 6.34. The number of aromatic nitrogens is 1. The van der Waals surface area contributed by atoms with Crippen LogP contribution < -0.4 is 0 Å². The van der Waals surface area contributed by atoms with Crippen LogP contribution in [-0.4, -0.2) is 52.8 Å². The molecule has 2 rings (SSSR count). The minimum Gasteiger partial charge on any atom is -0.373 e. The van der Waals surface area contributed by atoms with E-state index >= 15 is 0 Å². The maximum atomic E-state index is 12.8. The number of morpholine rings is 1. The summed E-state index contributed by atoms with van der Waals surface area (Å²) in [6.07, 6.45) is 0.247. The molecule has 1 N–H and O–H groups in total. The number of carbonyl (C=O) groups excluding carboxylic acids is 2. The summed E-state index contributed by atoms with van der Waals surface area (Å²) in [6, 6.07) is -0.231. The molecular weight excluding hydrogens is 280 g/mol. The third-order valence-electron chi connectivity index (χ3n) is 4.41. The maximum Gasteiger partial charge on any atom is 0.196 e. The van der Waals surface area contributed by atoms with Gasteiger partial charge in [0.25, 0.3) is 0 Å². The predicted octanol–water partition coefficient (Wildman–Crippen LogP) is 2.51. The van der Waals surface area contributed by atoms with Crippen LogP contribution in [0.4, 0.5) is 0 Å². The molecule has 1 aliphatic rings. The number of aryl methyl sites for hydroxylation is 1. The standard InChI is InChI=1S/C17H26N2O3/c1-9-7-19(8-10(2)22-9)13(5)17(21)16-11(3)15(14(6)20)12(4)18-16/h9-10,13,18H,7-8H2,1-6H3/t9-,10+,13-/m1/s1. The van der Waals surface area contributed by atoms with Crippen molar-refractivity contribution in [1.82, 2.24) is 9.88 Å². The van der Waals surface area contributed by atoms with Gasteiger partial charge in [-0.2, -0.15) is 0 Å². The van der Waals surface area contributed by atoms with Crippen molar-refractivity contribution in [3.05, 3.63) is 22.5 Å². The first-order chi connectivity index (χ1) is 10.2. The number of nitrogens with one attached hydrogen (secondary N) is 1. The SMILES string of the molecule is CC(=O)c1c(C)[nH]c(C(=O)[C@@H](C)N2C[C@@H](C)O[C@@H](C)C2)c1C. The van der Waals surface area contributed by atoms with Gasteiger partial charge in [0.15, 0.2) is 11.6 Å². The van der Waals surface area contributed by atoms with Gasteiger partial charge in [-0.1, -0.05) is 0 Å². The van der Waals surface area contributed by atoms with Gasteiger partial charge < -0.3 is 9.72 Å². The molecule has 1 aromatic heterocycles. The molecule has 1 aromatic rings. The van der Waals surface area contributed by atoms with Crippen molar-refractivity contribution in [2.75, 3.05) is 13.1 Å². The molecule has 5 nitrogen and oxygen atoms in total. The fourth-order valence-corrected chi connectivity index (χ4v) is 3.43. The van der Waals surface area contributed by atoms with Crippen LogP contribution in [0, 0.1) is 13.8 Å². The van der Waals surface area contributed by atoms with E-state index in [1.807, 2.05) is 34.6 Å². The quantitative estimate of drug-likeness (QED) is 0.868. The molecular formula is C17H26N2O3. The lowest BCUT2D eigenvalue weighted by molar-refractivity contribution is -0.0744. The smallest absolute Gasteiger partial charge is 0.196 e. The molecule has 0 aliphatic carbocycles. The Kier molecular flexibility index (Phi) is 4.87. The number of hydrogen-bond donors (Lipinski definition) is 1. The first-order valence-corrected chi connectivity index (χ1v) is 7.86. The number of H-pyrrole nitrogens is 1. The third kappa shape index (κ3) is 3.15. The van der Waals surface area contributed by atoms with E-state index in [1.54, 1.807) is 0 Å². The lowest BCUT2D eigenvalue weighted by atomic mass is 10.0. The molecule has 0 amide bonds. The Hall–Kier alpha value is -1.46. The second-order valence-electron chi connectivity index (χ2n) is 6.43. The van der Waals surface area contributed by atoms with Gasteiger partial charge in [-0.05, 0) is 47.1 Å². The van der Waals surface area contributed by atoms with Gasteiger partial charge in [0, 0.05) is 24.3 Å². The molecule has 2 heterocycles. The van der Waals surface area contributed by atoms with Crippen LogP contribution in [0.5, 0.6) is 0 Å². The molecule has 122 valence electrons. The molecule has 3 atom stereocenters. The highest BCUT2D eigenvalue weighted by Crippen LogP contribution is 2.22. The van der Waals surface area contributed by atoms with Gasteiger partial charge in [-0.15, -0.1) is 0 Å². The Labute approximate surface area is 132 Å². The Bertz CT molecular complexity index is 581. The zero-order chi connectivity index (χ0) is 16.6. The van der Waals surface area contributed by atoms with Crippen molar-refractivity contribution in [2.45, 2.75) is 59.8 Å². The van der Waals surface area contributed by atoms with E-state index in [9.17, 15) is 9.59 Å². The lowest BCUT2D eigenvalue weighted by Crippen LogP contribution is -2.51. The first-order valence-electron chi connectivity index (χ1n) is 7.86. The summed E-state index contributed by atoms with van der Waals surface area (Å²) in [6.45, 7) is 12.7. The summed E-state index contributed by atoms with van der Waals surface area (Å²) >= 11 is 0. The van der Waals surface area contributed by atoms with Crippen LogP contribution in [-0.2, 0) is 4.74 Å². The maximum absolute atomic E-state index is 12.8. The van der Waals surface area contributed by atoms with E-state index in [0.717, 1.165) is 24.3 Å². The highest BCUT2D eigenvalue weighted by molar-refractivity contribution is 6.05. The molecule has 0 saturated carbocycles. The first kappa shape index (κ1) is 16.9. The van der Waals surface area contributed by atoms with Crippen LogP contribution >= 0.6 is 0 Å². The van der Waals surface area contributed by atoms with Crippen LogP contribution in [0.1, 0.15) is 59.8 Å². The minimum absolute atomic E-state index is 0.00781. The number of ketones is 2. The monoisotopic (exact) mass is 306 g/mol. The number of nitrogens with zero attached hydrogens (tertiary/aromatic N) is 1. The Morgan fingerprint density at radius 3 is 2.23 bits per heavy atom. The van der Waals surface area contributed by atoms with Crippen LogP contribution in [0.2, 0.25) is 0 Å². The summed E-state index contributed by atoms with van der Waals surface area (Å²) < 4.78 is 5.72. The summed E-state index contributed by atoms with van der Waals surface area (Å²) in [4.78, 5) is 29.8. The summed E-state index contributed by atoms with van der Waals surface area (Å²) in [5.41, 5.74) is 2.72. The van der Waals surface area contributed by atoms with E-state index in [2.05, 4.69) is 9.88 Å². The Morgan fingerprint density at radius 1 is 1.23 bits per heavy atom. The van der Waals surface area contributed by atoms with E-state index in [1.165, 1.54) is 6.92 Å². The second-order valence-corrected chi connectivity index (χ2v) is 6.43. The van der Waals surface area contributed by atoms with Crippen molar-refractivity contribution in [3.63, 3.8) is 0 Å². The fraction of sp³-hybridized carbons (Fsp3) is 0.647. The molecule has 0 spiro atoms. The molecule has 0 unspecified atom stereocenters. The van der Waals surface area contributed by atoms with Gasteiger partial charge in [0.05, 0.1) is 23.9 Å². The molecule has 1 aliphatic heterocycles. The lowest BCUT2D eigenvalue weighted by Gasteiger charge is -2.38.